The van der Waals surface area contributed by atoms with Crippen molar-refractivity contribution in [3.05, 3.63) is 51.7 Å². The summed E-state index contributed by atoms with van der Waals surface area (Å²) in [5.41, 5.74) is 3.86. The van der Waals surface area contributed by atoms with Crippen LogP contribution in [0.4, 0.5) is 0 Å². The van der Waals surface area contributed by atoms with Crippen molar-refractivity contribution in [3.63, 3.8) is 0 Å². The number of hydrogen-bond donors (Lipinski definition) is 1. The minimum atomic E-state index is 0.489. The highest BCUT2D eigenvalue weighted by Gasteiger charge is 2.23. The molecule has 0 saturated heterocycles. The Labute approximate surface area is 168 Å². The number of nitrogens with one attached hydrogen (secondary N) is 1. The topological polar surface area (TPSA) is 65.6 Å². The zero-order valence-electron chi connectivity index (χ0n) is 16.1. The number of benzene rings is 2. The summed E-state index contributed by atoms with van der Waals surface area (Å²) in [7, 11) is 4.71. The van der Waals surface area contributed by atoms with Gasteiger partial charge in [-0.25, -0.2) is 4.98 Å². The summed E-state index contributed by atoms with van der Waals surface area (Å²) in [6.07, 6.45) is 0.679. The lowest BCUT2D eigenvalue weighted by Crippen LogP contribution is -2.08. The van der Waals surface area contributed by atoms with Crippen molar-refractivity contribution in [2.75, 3.05) is 21.3 Å². The molecule has 0 spiro atoms. The molecule has 2 heterocycles. The number of aryl methyl sites for hydroxylation is 1. The van der Waals surface area contributed by atoms with E-state index in [1.807, 2.05) is 18.2 Å². The number of ether oxygens (including phenoxy) is 4. The molecule has 6 nitrogen and oxygen atoms in total. The second-order valence-electron chi connectivity index (χ2n) is 6.47. The fourth-order valence-corrected chi connectivity index (χ4v) is 3.64. The van der Waals surface area contributed by atoms with Gasteiger partial charge in [0.05, 0.1) is 32.5 Å². The summed E-state index contributed by atoms with van der Waals surface area (Å²) in [5, 5.41) is 0. The van der Waals surface area contributed by atoms with E-state index in [1.165, 1.54) is 5.56 Å². The first kappa shape index (κ1) is 18.3. The lowest BCUT2D eigenvalue weighted by Gasteiger charge is -2.21. The van der Waals surface area contributed by atoms with Gasteiger partial charge in [0.1, 0.15) is 16.2 Å². The normalized spacial score (nSPS) is 11.9. The van der Waals surface area contributed by atoms with Crippen LogP contribution in [0.15, 0.2) is 30.3 Å². The fourth-order valence-electron chi connectivity index (χ4n) is 3.38. The predicted molar refractivity (Wildman–Crippen MR) is 109 cm³/mol. The first-order valence-electron chi connectivity index (χ1n) is 8.75. The summed E-state index contributed by atoms with van der Waals surface area (Å²) in [4.78, 5) is 7.86. The summed E-state index contributed by atoms with van der Waals surface area (Å²) in [5.74, 6) is 3.52. The van der Waals surface area contributed by atoms with Crippen molar-refractivity contribution in [3.8, 4) is 40.3 Å². The molecular weight excluding hydrogens is 376 g/mol. The van der Waals surface area contributed by atoms with Crippen LogP contribution >= 0.6 is 12.2 Å². The maximum Gasteiger partial charge on any atom is 0.205 e. The number of methoxy groups -OCH3 is 3. The van der Waals surface area contributed by atoms with Gasteiger partial charge in [-0.05, 0) is 30.7 Å². The Morgan fingerprint density at radius 1 is 1.04 bits per heavy atom. The van der Waals surface area contributed by atoms with Gasteiger partial charge in [-0.1, -0.05) is 29.9 Å². The van der Waals surface area contributed by atoms with E-state index < -0.39 is 0 Å². The number of nitrogens with zero attached hydrogens (tertiary/aromatic N) is 1. The molecule has 1 aliphatic rings. The zero-order chi connectivity index (χ0) is 19.8. The van der Waals surface area contributed by atoms with Crippen LogP contribution in [0.25, 0.3) is 11.4 Å². The Bertz CT molecular complexity index is 1120. The van der Waals surface area contributed by atoms with E-state index >= 15 is 0 Å². The van der Waals surface area contributed by atoms with Gasteiger partial charge < -0.3 is 23.9 Å². The SMILES string of the molecule is COc1ccc(-c2nc(=S)c3c([nH]2)Oc2ccc(C)cc2C3)c(OC)c1OC. The molecule has 144 valence electrons. The summed E-state index contributed by atoms with van der Waals surface area (Å²) in [6.45, 7) is 2.06. The maximum atomic E-state index is 6.09. The molecule has 1 aromatic heterocycles. The van der Waals surface area contributed by atoms with Gasteiger partial charge >= 0.3 is 0 Å². The molecule has 28 heavy (non-hydrogen) atoms. The number of H-pyrrole nitrogens is 1. The van der Waals surface area contributed by atoms with Gasteiger partial charge in [-0.15, -0.1) is 0 Å². The molecule has 0 saturated carbocycles. The fraction of sp³-hybridized carbons (Fsp3) is 0.238. The zero-order valence-corrected chi connectivity index (χ0v) is 16.9. The minimum Gasteiger partial charge on any atom is -0.493 e. The smallest absolute Gasteiger partial charge is 0.205 e. The van der Waals surface area contributed by atoms with Crippen molar-refractivity contribution in [2.24, 2.45) is 0 Å². The molecule has 0 fully saturated rings. The van der Waals surface area contributed by atoms with Gasteiger partial charge in [-0.2, -0.15) is 0 Å². The Balaban J connectivity index is 1.85. The average Bonchev–Trinajstić information content (AvgIpc) is 2.71. The van der Waals surface area contributed by atoms with Crippen LogP contribution in [0.3, 0.4) is 0 Å². The third kappa shape index (κ3) is 2.97. The van der Waals surface area contributed by atoms with Gasteiger partial charge in [0.2, 0.25) is 11.6 Å². The monoisotopic (exact) mass is 396 g/mol. The molecule has 3 aromatic rings. The average molecular weight is 396 g/mol. The van der Waals surface area contributed by atoms with Crippen LogP contribution in [0.1, 0.15) is 16.7 Å². The van der Waals surface area contributed by atoms with E-state index in [-0.39, 0.29) is 0 Å². The van der Waals surface area contributed by atoms with E-state index in [9.17, 15) is 0 Å². The van der Waals surface area contributed by atoms with Crippen molar-refractivity contribution in [1.29, 1.82) is 0 Å². The molecule has 2 aromatic carbocycles. The molecule has 0 radical (unpaired) electrons. The summed E-state index contributed by atoms with van der Waals surface area (Å²) < 4.78 is 23.0. The second-order valence-corrected chi connectivity index (χ2v) is 6.86. The summed E-state index contributed by atoms with van der Waals surface area (Å²) in [6, 6.07) is 9.76. The maximum absolute atomic E-state index is 6.09. The minimum absolute atomic E-state index is 0.489. The highest BCUT2D eigenvalue weighted by atomic mass is 32.1. The van der Waals surface area contributed by atoms with Crippen LogP contribution < -0.4 is 18.9 Å². The first-order valence-corrected chi connectivity index (χ1v) is 9.16. The Kier molecular flexibility index (Phi) is 4.68. The molecule has 0 aliphatic carbocycles. The standard InChI is InChI=1S/C21H20N2O4S/c1-11-5-7-15-12(9-11)10-14-20(27-15)22-19(23-21(14)28)13-6-8-16(24-2)18(26-4)17(13)25-3/h5-9H,10H2,1-4H3,(H,22,23,28). The van der Waals surface area contributed by atoms with Gasteiger partial charge in [0, 0.05) is 6.42 Å². The van der Waals surface area contributed by atoms with Gasteiger partial charge in [0.15, 0.2) is 11.5 Å². The summed E-state index contributed by atoms with van der Waals surface area (Å²) >= 11 is 5.57. The van der Waals surface area contributed by atoms with Crippen LogP contribution in [-0.4, -0.2) is 31.3 Å². The van der Waals surface area contributed by atoms with E-state index in [4.69, 9.17) is 31.2 Å². The number of hydrogen-bond acceptors (Lipinski definition) is 6. The van der Waals surface area contributed by atoms with Gasteiger partial charge in [-0.3, -0.25) is 0 Å². The molecule has 0 bridgehead atoms. The van der Waals surface area contributed by atoms with Crippen molar-refractivity contribution in [1.82, 2.24) is 9.97 Å². The van der Waals surface area contributed by atoms with Crippen LogP contribution in [0, 0.1) is 11.6 Å². The number of rotatable bonds is 4. The number of fused-ring (bicyclic) bond motifs is 2. The first-order chi connectivity index (χ1) is 13.5. The van der Waals surface area contributed by atoms with E-state index in [0.29, 0.717) is 45.6 Å². The molecule has 0 unspecified atom stereocenters. The molecule has 7 heteroatoms. The molecule has 0 atom stereocenters. The molecule has 0 amide bonds. The second kappa shape index (κ2) is 7.16. The lowest BCUT2D eigenvalue weighted by molar-refractivity contribution is 0.325. The third-order valence-electron chi connectivity index (χ3n) is 4.73. The Morgan fingerprint density at radius 2 is 1.82 bits per heavy atom. The Hall–Kier alpha value is -3.06. The highest BCUT2D eigenvalue weighted by Crippen LogP contribution is 2.44. The van der Waals surface area contributed by atoms with E-state index in [1.54, 1.807) is 27.4 Å². The largest absolute Gasteiger partial charge is 0.493 e. The van der Waals surface area contributed by atoms with Gasteiger partial charge in [0.25, 0.3) is 0 Å². The van der Waals surface area contributed by atoms with Crippen molar-refractivity contribution < 1.29 is 18.9 Å². The van der Waals surface area contributed by atoms with Crippen molar-refractivity contribution >= 4 is 12.2 Å². The van der Waals surface area contributed by atoms with Crippen LogP contribution in [0.2, 0.25) is 0 Å². The third-order valence-corrected chi connectivity index (χ3v) is 5.07. The quantitative estimate of drug-likeness (QED) is 0.498. The molecule has 4 rings (SSSR count). The molecular formula is C21H20N2O4S. The predicted octanol–water partition coefficient (Wildman–Crippen LogP) is 4.84. The van der Waals surface area contributed by atoms with Crippen LogP contribution in [-0.2, 0) is 6.42 Å². The molecule has 1 N–H and O–H groups in total. The van der Waals surface area contributed by atoms with Crippen molar-refractivity contribution in [2.45, 2.75) is 13.3 Å². The van der Waals surface area contributed by atoms with E-state index in [0.717, 1.165) is 16.9 Å². The highest BCUT2D eigenvalue weighted by molar-refractivity contribution is 7.71. The van der Waals surface area contributed by atoms with E-state index in [2.05, 4.69) is 23.0 Å². The lowest BCUT2D eigenvalue weighted by atomic mass is 10.0. The number of aromatic amines is 1. The number of aromatic nitrogens is 2. The Morgan fingerprint density at radius 3 is 2.54 bits per heavy atom. The molecule has 1 aliphatic heterocycles. The van der Waals surface area contributed by atoms with Crippen LogP contribution in [0.5, 0.6) is 28.9 Å².